The van der Waals surface area contributed by atoms with E-state index < -0.39 is 0 Å². The second-order valence-corrected chi connectivity index (χ2v) is 8.56. The van der Waals surface area contributed by atoms with Gasteiger partial charge in [0.05, 0.1) is 10.4 Å². The fourth-order valence-electron chi connectivity index (χ4n) is 3.32. The number of imidazole rings is 1. The van der Waals surface area contributed by atoms with Crippen molar-refractivity contribution in [3.05, 3.63) is 25.1 Å². The van der Waals surface area contributed by atoms with Gasteiger partial charge in [-0.1, -0.05) is 13.8 Å². The van der Waals surface area contributed by atoms with Crippen molar-refractivity contribution >= 4 is 54.5 Å². The van der Waals surface area contributed by atoms with Gasteiger partial charge in [-0.2, -0.15) is 0 Å². The summed E-state index contributed by atoms with van der Waals surface area (Å²) in [5.74, 6) is 1.16. The molecule has 0 spiro atoms. The van der Waals surface area contributed by atoms with Crippen LogP contribution in [0.15, 0.2) is 15.0 Å². The number of piperidine rings is 1. The Labute approximate surface area is 163 Å². The largest absolute Gasteiger partial charge is 0.341 e. The lowest BCUT2D eigenvalue weighted by atomic mass is 10.1. The molecule has 1 aromatic carbocycles. The van der Waals surface area contributed by atoms with Crippen LogP contribution in [0.1, 0.15) is 26.7 Å². The van der Waals surface area contributed by atoms with E-state index in [4.69, 9.17) is 5.73 Å². The Kier molecular flexibility index (Phi) is 5.36. The molecule has 1 atom stereocenters. The summed E-state index contributed by atoms with van der Waals surface area (Å²) in [4.78, 5) is 18.1. The number of hydrogen-bond donors (Lipinski definition) is 1. The molecular weight excluding hydrogens is 454 g/mol. The number of nitro groups is 1. The highest BCUT2D eigenvalue weighted by Crippen LogP contribution is 2.40. The second kappa shape index (κ2) is 7.20. The Balaban J connectivity index is 2.25. The molecule has 0 saturated carbocycles. The molecule has 3 rings (SSSR count). The molecule has 2 aromatic rings. The van der Waals surface area contributed by atoms with Gasteiger partial charge in [-0.3, -0.25) is 10.1 Å². The van der Waals surface area contributed by atoms with E-state index in [1.54, 1.807) is 0 Å². The molecule has 0 radical (unpaired) electrons. The van der Waals surface area contributed by atoms with E-state index in [1.165, 1.54) is 0 Å². The van der Waals surface area contributed by atoms with Crippen LogP contribution in [0.3, 0.4) is 0 Å². The van der Waals surface area contributed by atoms with Crippen LogP contribution in [-0.2, 0) is 6.54 Å². The molecule has 2 N–H and O–H groups in total. The number of halogens is 2. The monoisotopic (exact) mass is 473 g/mol. The Bertz CT molecular complexity index is 821. The van der Waals surface area contributed by atoms with Crippen molar-refractivity contribution in [1.29, 1.82) is 0 Å². The summed E-state index contributed by atoms with van der Waals surface area (Å²) in [7, 11) is 0. The van der Waals surface area contributed by atoms with Gasteiger partial charge in [-0.05, 0) is 56.7 Å². The zero-order chi connectivity index (χ0) is 18.3. The fourth-order valence-corrected chi connectivity index (χ4v) is 4.17. The number of aromatic nitrogens is 2. The number of benzene rings is 1. The van der Waals surface area contributed by atoms with Gasteiger partial charge in [-0.25, -0.2) is 4.98 Å². The number of fused-ring (bicyclic) bond motifs is 1. The quantitative estimate of drug-likeness (QED) is 0.533. The molecule has 0 aliphatic carbocycles. The van der Waals surface area contributed by atoms with Crippen molar-refractivity contribution < 1.29 is 4.92 Å². The van der Waals surface area contributed by atoms with Gasteiger partial charge in [0.1, 0.15) is 4.47 Å². The van der Waals surface area contributed by atoms with Crippen molar-refractivity contribution in [1.82, 2.24) is 9.55 Å². The predicted octanol–water partition coefficient (Wildman–Crippen LogP) is 4.05. The van der Waals surface area contributed by atoms with Crippen molar-refractivity contribution in [2.24, 2.45) is 11.7 Å². The zero-order valence-corrected chi connectivity index (χ0v) is 17.4. The average molecular weight is 475 g/mol. The molecule has 1 fully saturated rings. The van der Waals surface area contributed by atoms with Crippen LogP contribution in [0.4, 0.5) is 11.6 Å². The molecule has 0 bridgehead atoms. The molecule has 0 amide bonds. The van der Waals surface area contributed by atoms with Crippen molar-refractivity contribution in [2.75, 3.05) is 18.0 Å². The summed E-state index contributed by atoms with van der Waals surface area (Å²) in [6, 6.07) is 2.00. The molecule has 1 aliphatic rings. The topological polar surface area (TPSA) is 90.2 Å². The first-order valence-corrected chi connectivity index (χ1v) is 9.91. The highest BCUT2D eigenvalue weighted by atomic mass is 79.9. The van der Waals surface area contributed by atoms with Crippen molar-refractivity contribution in [3.8, 4) is 0 Å². The van der Waals surface area contributed by atoms with Gasteiger partial charge in [-0.15, -0.1) is 0 Å². The van der Waals surface area contributed by atoms with Crippen molar-refractivity contribution in [3.63, 3.8) is 0 Å². The van der Waals surface area contributed by atoms with Gasteiger partial charge < -0.3 is 15.2 Å². The minimum Gasteiger partial charge on any atom is -0.341 e. The molecular formula is C16H21Br2N5O2. The number of nitrogens with zero attached hydrogens (tertiary/aromatic N) is 4. The number of nitrogens with two attached hydrogens (primary N) is 1. The Morgan fingerprint density at radius 1 is 1.48 bits per heavy atom. The van der Waals surface area contributed by atoms with E-state index >= 15 is 0 Å². The Morgan fingerprint density at radius 3 is 2.80 bits per heavy atom. The van der Waals surface area contributed by atoms with Crippen molar-refractivity contribution in [2.45, 2.75) is 39.3 Å². The first-order chi connectivity index (χ1) is 11.8. The fraction of sp³-hybridized carbons (Fsp3) is 0.562. The van der Waals surface area contributed by atoms with Gasteiger partial charge in [0, 0.05) is 30.1 Å². The van der Waals surface area contributed by atoms with E-state index in [0.717, 1.165) is 43.9 Å². The molecule has 136 valence electrons. The minimum atomic E-state index is -0.379. The lowest BCUT2D eigenvalue weighted by Crippen LogP contribution is -2.44. The first kappa shape index (κ1) is 18.6. The third kappa shape index (κ3) is 3.54. The lowest BCUT2D eigenvalue weighted by Gasteiger charge is -2.32. The van der Waals surface area contributed by atoms with Gasteiger partial charge in [0.15, 0.2) is 5.52 Å². The van der Waals surface area contributed by atoms with E-state index in [1.807, 2.05) is 6.07 Å². The maximum atomic E-state index is 11.6. The number of anilines is 1. The summed E-state index contributed by atoms with van der Waals surface area (Å²) < 4.78 is 3.15. The van der Waals surface area contributed by atoms with Crippen LogP contribution in [-0.4, -0.2) is 33.6 Å². The Morgan fingerprint density at radius 2 is 2.20 bits per heavy atom. The normalized spacial score (nSPS) is 18.3. The second-order valence-electron chi connectivity index (χ2n) is 6.91. The summed E-state index contributed by atoms with van der Waals surface area (Å²) in [6.07, 6.45) is 2.00. The molecule has 1 aromatic heterocycles. The third-order valence-electron chi connectivity index (χ3n) is 4.36. The number of nitro benzene ring substituents is 1. The smallest absolute Gasteiger partial charge is 0.312 e. The lowest BCUT2D eigenvalue weighted by molar-refractivity contribution is -0.384. The standard InChI is InChI=1S/C16H21Br2N5O2/c1-9(2)7-22-12-6-11(17)13(18)15(23(24)25)14(12)20-16(22)21-5-3-4-10(19)8-21/h6,9-10H,3-5,7-8,19H2,1-2H3/t10-/m1/s1. The number of rotatable bonds is 4. The predicted molar refractivity (Wildman–Crippen MR) is 106 cm³/mol. The molecule has 1 saturated heterocycles. The third-order valence-corrected chi connectivity index (χ3v) is 6.32. The van der Waals surface area contributed by atoms with E-state index in [9.17, 15) is 10.1 Å². The first-order valence-electron chi connectivity index (χ1n) is 8.32. The summed E-state index contributed by atoms with van der Waals surface area (Å²) in [5.41, 5.74) is 7.31. The maximum absolute atomic E-state index is 11.6. The van der Waals surface area contributed by atoms with Crippen LogP contribution in [0.25, 0.3) is 11.0 Å². The van der Waals surface area contributed by atoms with Gasteiger partial charge in [0.2, 0.25) is 5.95 Å². The van der Waals surface area contributed by atoms with Gasteiger partial charge in [0.25, 0.3) is 0 Å². The molecule has 1 aliphatic heterocycles. The number of hydrogen-bond acceptors (Lipinski definition) is 5. The Hall–Kier alpha value is -1.19. The molecule has 0 unspecified atom stereocenters. The van der Waals surface area contributed by atoms with Crippen LogP contribution in [0.5, 0.6) is 0 Å². The SMILES string of the molecule is CC(C)Cn1c(N2CCC[C@@H](N)C2)nc2c([N+](=O)[O-])c(Br)c(Br)cc21. The van der Waals surface area contributed by atoms with Crippen LogP contribution in [0, 0.1) is 16.0 Å². The zero-order valence-electron chi connectivity index (χ0n) is 14.2. The molecule has 2 heterocycles. The average Bonchev–Trinajstić information content (AvgIpc) is 2.85. The van der Waals surface area contributed by atoms with Crippen LogP contribution in [0.2, 0.25) is 0 Å². The molecule has 7 nitrogen and oxygen atoms in total. The summed E-state index contributed by atoms with van der Waals surface area (Å²) in [5, 5.41) is 11.6. The highest BCUT2D eigenvalue weighted by molar-refractivity contribution is 9.13. The van der Waals surface area contributed by atoms with E-state index in [-0.39, 0.29) is 16.7 Å². The highest BCUT2D eigenvalue weighted by Gasteiger charge is 2.29. The molecule has 9 heteroatoms. The summed E-state index contributed by atoms with van der Waals surface area (Å²) >= 11 is 6.75. The minimum absolute atomic E-state index is 0.00515. The van der Waals surface area contributed by atoms with E-state index in [2.05, 4.69) is 60.2 Å². The van der Waals surface area contributed by atoms with E-state index in [0.29, 0.717) is 20.4 Å². The van der Waals surface area contributed by atoms with Crippen LogP contribution >= 0.6 is 31.9 Å². The van der Waals surface area contributed by atoms with Crippen LogP contribution < -0.4 is 10.6 Å². The van der Waals surface area contributed by atoms with Gasteiger partial charge >= 0.3 is 5.69 Å². The maximum Gasteiger partial charge on any atom is 0.312 e. The summed E-state index contributed by atoms with van der Waals surface area (Å²) in [6.45, 7) is 6.57. The molecule has 25 heavy (non-hydrogen) atoms.